The quantitative estimate of drug-likeness (QED) is 0.521. The zero-order valence-corrected chi connectivity index (χ0v) is 14.8. The molecule has 1 fully saturated rings. The number of carbonyl (C=O) groups is 2. The summed E-state index contributed by atoms with van der Waals surface area (Å²) in [5, 5.41) is 22.3. The second kappa shape index (κ2) is 8.41. The number of carboxylic acids is 1. The van der Waals surface area contributed by atoms with Gasteiger partial charge in [-0.25, -0.2) is 4.39 Å². The molecule has 0 spiro atoms. The predicted molar refractivity (Wildman–Crippen MR) is 91.6 cm³/mol. The summed E-state index contributed by atoms with van der Waals surface area (Å²) >= 11 is 5.55. The Morgan fingerprint density at radius 2 is 2.12 bits per heavy atom. The first kappa shape index (κ1) is 20.1. The molecule has 0 heterocycles. The molecular weight excluding hydrogens is 369 g/mol. The molecule has 0 aliphatic heterocycles. The highest BCUT2D eigenvalue weighted by atomic mass is 35.5. The number of benzene rings is 1. The van der Waals surface area contributed by atoms with Gasteiger partial charge in [0.1, 0.15) is 5.82 Å². The second-order valence-corrected chi connectivity index (χ2v) is 6.58. The molecule has 0 saturated heterocycles. The van der Waals surface area contributed by atoms with E-state index in [2.05, 4.69) is 5.32 Å². The van der Waals surface area contributed by atoms with Crippen molar-refractivity contribution in [1.29, 1.82) is 0 Å². The average molecular weight is 388 g/mol. The van der Waals surface area contributed by atoms with Gasteiger partial charge in [0.15, 0.2) is 0 Å². The minimum Gasteiger partial charge on any atom is -0.480 e. The number of nitro benzene ring substituents is 1. The van der Waals surface area contributed by atoms with Gasteiger partial charge in [0.25, 0.3) is 5.69 Å². The average Bonchev–Trinajstić information content (AvgIpc) is 2.51. The van der Waals surface area contributed by atoms with Crippen LogP contribution in [0.5, 0.6) is 0 Å². The third-order valence-electron chi connectivity index (χ3n) is 4.41. The maximum atomic E-state index is 13.6. The number of amides is 1. The number of nitrogens with one attached hydrogen (secondary N) is 1. The van der Waals surface area contributed by atoms with Gasteiger partial charge < -0.3 is 10.4 Å². The number of likely N-dealkylation sites (N-methyl/N-ethyl adjacent to an activating group) is 1. The molecule has 1 saturated carbocycles. The number of rotatable bonds is 8. The molecule has 1 amide bonds. The summed E-state index contributed by atoms with van der Waals surface area (Å²) in [5.41, 5.74) is -0.456. The van der Waals surface area contributed by atoms with Crippen molar-refractivity contribution in [1.82, 2.24) is 10.2 Å². The molecule has 1 aliphatic carbocycles. The molecule has 1 aromatic rings. The number of hydrogen-bond acceptors (Lipinski definition) is 5. The van der Waals surface area contributed by atoms with E-state index < -0.39 is 28.3 Å². The molecule has 0 atom stereocenters. The molecule has 2 N–H and O–H groups in total. The molecule has 2 rings (SSSR count). The Kier molecular flexibility index (Phi) is 6.49. The second-order valence-electron chi connectivity index (χ2n) is 6.18. The van der Waals surface area contributed by atoms with Crippen molar-refractivity contribution in [3.63, 3.8) is 0 Å². The minimum absolute atomic E-state index is 0.0497. The standard InChI is InChI=1S/C16H19ClFN3O5/c1-2-20(8-16(23)24)11-5-10(6-11)19-15(22)4-9-3-13(18)12(17)7-14(9)21(25)26/h3,7,10-11H,2,4-6,8H2,1H3,(H,19,22)(H,23,24). The summed E-state index contributed by atoms with van der Waals surface area (Å²) < 4.78 is 13.6. The van der Waals surface area contributed by atoms with Gasteiger partial charge in [0.05, 0.1) is 22.9 Å². The van der Waals surface area contributed by atoms with Gasteiger partial charge in [-0.1, -0.05) is 18.5 Å². The smallest absolute Gasteiger partial charge is 0.317 e. The van der Waals surface area contributed by atoms with Gasteiger partial charge in [-0.2, -0.15) is 0 Å². The lowest BCUT2D eigenvalue weighted by Gasteiger charge is -2.42. The van der Waals surface area contributed by atoms with Crippen LogP contribution in [0.3, 0.4) is 0 Å². The van der Waals surface area contributed by atoms with E-state index in [1.54, 1.807) is 0 Å². The van der Waals surface area contributed by atoms with E-state index in [-0.39, 0.29) is 35.6 Å². The van der Waals surface area contributed by atoms with Crippen molar-refractivity contribution in [2.45, 2.75) is 38.3 Å². The number of nitrogens with zero attached hydrogens (tertiary/aromatic N) is 2. The van der Waals surface area contributed by atoms with Crippen molar-refractivity contribution in [3.05, 3.63) is 38.7 Å². The number of carboxylic acid groups (broad SMARTS) is 1. The maximum Gasteiger partial charge on any atom is 0.317 e. The lowest BCUT2D eigenvalue weighted by Crippen LogP contribution is -2.55. The van der Waals surface area contributed by atoms with Crippen LogP contribution in [0.25, 0.3) is 0 Å². The lowest BCUT2D eigenvalue weighted by molar-refractivity contribution is -0.385. The van der Waals surface area contributed by atoms with Crippen LogP contribution in [-0.2, 0) is 16.0 Å². The first-order chi connectivity index (χ1) is 12.2. The third-order valence-corrected chi connectivity index (χ3v) is 4.70. The molecule has 142 valence electrons. The Morgan fingerprint density at radius 1 is 1.46 bits per heavy atom. The van der Waals surface area contributed by atoms with Crippen molar-refractivity contribution in [2.75, 3.05) is 13.1 Å². The van der Waals surface area contributed by atoms with Crippen LogP contribution in [0.2, 0.25) is 5.02 Å². The van der Waals surface area contributed by atoms with Crippen molar-refractivity contribution in [3.8, 4) is 0 Å². The first-order valence-corrected chi connectivity index (χ1v) is 8.46. The van der Waals surface area contributed by atoms with Gasteiger partial charge in [-0.15, -0.1) is 0 Å². The van der Waals surface area contributed by atoms with Gasteiger partial charge in [-0.3, -0.25) is 24.6 Å². The normalized spacial score (nSPS) is 19.1. The summed E-state index contributed by atoms with van der Waals surface area (Å²) in [6.45, 7) is 2.40. The summed E-state index contributed by atoms with van der Waals surface area (Å²) in [6, 6.07) is 1.73. The third kappa shape index (κ3) is 4.89. The fraction of sp³-hybridized carbons (Fsp3) is 0.500. The number of aliphatic carboxylic acids is 1. The Labute approximate surface area is 154 Å². The van der Waals surface area contributed by atoms with E-state index in [1.807, 2.05) is 11.8 Å². The highest BCUT2D eigenvalue weighted by molar-refractivity contribution is 6.31. The molecule has 26 heavy (non-hydrogen) atoms. The highest BCUT2D eigenvalue weighted by Crippen LogP contribution is 2.28. The van der Waals surface area contributed by atoms with Crippen LogP contribution >= 0.6 is 11.6 Å². The largest absolute Gasteiger partial charge is 0.480 e. The van der Waals surface area contributed by atoms with Gasteiger partial charge >= 0.3 is 5.97 Å². The van der Waals surface area contributed by atoms with E-state index in [9.17, 15) is 24.1 Å². The van der Waals surface area contributed by atoms with Gasteiger partial charge in [0.2, 0.25) is 5.91 Å². The number of halogens is 2. The highest BCUT2D eigenvalue weighted by Gasteiger charge is 2.34. The summed E-state index contributed by atoms with van der Waals surface area (Å²) in [7, 11) is 0. The molecule has 0 bridgehead atoms. The van der Waals surface area contributed by atoms with Gasteiger partial charge in [0, 0.05) is 23.7 Å². The minimum atomic E-state index is -0.906. The number of hydrogen-bond donors (Lipinski definition) is 2. The zero-order chi connectivity index (χ0) is 19.4. The van der Waals surface area contributed by atoms with Crippen LogP contribution in [-0.4, -0.2) is 52.0 Å². The van der Waals surface area contributed by atoms with E-state index in [0.29, 0.717) is 19.4 Å². The van der Waals surface area contributed by atoms with Crippen LogP contribution in [0.15, 0.2) is 12.1 Å². The maximum absolute atomic E-state index is 13.6. The van der Waals surface area contributed by atoms with Gasteiger partial charge in [-0.05, 0) is 25.5 Å². The molecule has 0 radical (unpaired) electrons. The molecule has 0 unspecified atom stereocenters. The fourth-order valence-electron chi connectivity index (χ4n) is 3.02. The Balaban J connectivity index is 1.92. The molecule has 1 aliphatic rings. The zero-order valence-electron chi connectivity index (χ0n) is 14.1. The molecular formula is C16H19ClFN3O5. The fourth-order valence-corrected chi connectivity index (χ4v) is 3.18. The predicted octanol–water partition coefficient (Wildman–Crippen LogP) is 1.98. The lowest BCUT2D eigenvalue weighted by atomic mass is 9.85. The van der Waals surface area contributed by atoms with Crippen molar-refractivity contribution >= 4 is 29.2 Å². The summed E-state index contributed by atoms with van der Waals surface area (Å²) in [4.78, 5) is 35.1. The SMILES string of the molecule is CCN(CC(=O)O)C1CC(NC(=O)Cc2cc(F)c(Cl)cc2[N+](=O)[O-])C1. The topological polar surface area (TPSA) is 113 Å². The Morgan fingerprint density at radius 3 is 2.65 bits per heavy atom. The molecule has 10 heteroatoms. The first-order valence-electron chi connectivity index (χ1n) is 8.08. The molecule has 1 aromatic carbocycles. The Bertz CT molecular complexity index is 724. The van der Waals surface area contributed by atoms with Crippen LogP contribution in [0.4, 0.5) is 10.1 Å². The van der Waals surface area contributed by atoms with Crippen LogP contribution in [0.1, 0.15) is 25.3 Å². The molecule has 0 aromatic heterocycles. The Hall–Kier alpha value is -2.26. The summed E-state index contributed by atoms with van der Waals surface area (Å²) in [5.74, 6) is -2.19. The van der Waals surface area contributed by atoms with E-state index >= 15 is 0 Å². The van der Waals surface area contributed by atoms with Crippen LogP contribution in [0, 0.1) is 15.9 Å². The summed E-state index contributed by atoms with van der Waals surface area (Å²) in [6.07, 6.45) is 0.867. The monoisotopic (exact) mass is 387 g/mol. The number of carbonyl (C=O) groups excluding carboxylic acids is 1. The number of nitro groups is 1. The van der Waals surface area contributed by atoms with Crippen molar-refractivity contribution < 1.29 is 24.0 Å². The van der Waals surface area contributed by atoms with Crippen molar-refractivity contribution in [2.24, 2.45) is 0 Å². The van der Waals surface area contributed by atoms with Crippen LogP contribution < -0.4 is 5.32 Å². The van der Waals surface area contributed by atoms with E-state index in [1.165, 1.54) is 0 Å². The molecule has 8 nitrogen and oxygen atoms in total. The van der Waals surface area contributed by atoms with E-state index in [0.717, 1.165) is 12.1 Å². The van der Waals surface area contributed by atoms with E-state index in [4.69, 9.17) is 16.7 Å².